The molecule has 1 unspecified atom stereocenters. The van der Waals surface area contributed by atoms with E-state index in [0.29, 0.717) is 6.04 Å². The molecule has 3 rings (SSSR count). The van der Waals surface area contributed by atoms with Crippen LogP contribution in [0, 0.1) is 0 Å². The van der Waals surface area contributed by atoms with E-state index in [4.69, 9.17) is 10.5 Å². The number of hydrogen-bond acceptors (Lipinski definition) is 4. The van der Waals surface area contributed by atoms with E-state index in [9.17, 15) is 0 Å². The van der Waals surface area contributed by atoms with E-state index in [1.807, 2.05) is 30.3 Å². The Hall–Kier alpha value is -2.75. The minimum Gasteiger partial charge on any atom is -0.456 e. The van der Waals surface area contributed by atoms with E-state index in [-0.39, 0.29) is 0 Å². The number of aliphatic imine (C=N–C) groups is 1. The quantitative estimate of drug-likeness (QED) is 0.850. The van der Waals surface area contributed by atoms with Crippen molar-refractivity contribution in [3.8, 4) is 11.5 Å². The smallest absolute Gasteiger partial charge is 0.140 e. The number of fused-ring (bicyclic) bond motifs is 1. The van der Waals surface area contributed by atoms with Gasteiger partial charge in [-0.2, -0.15) is 0 Å². The second kappa shape index (κ2) is 7.43. The number of rotatable bonds is 4. The van der Waals surface area contributed by atoms with Crippen molar-refractivity contribution in [3.05, 3.63) is 59.8 Å². The predicted molar refractivity (Wildman–Crippen MR) is 106 cm³/mol. The molecule has 25 heavy (non-hydrogen) atoms. The fourth-order valence-electron chi connectivity index (χ4n) is 3.27. The summed E-state index contributed by atoms with van der Waals surface area (Å²) in [6.45, 7) is 2.25. The van der Waals surface area contributed by atoms with E-state index in [2.05, 4.69) is 36.0 Å². The minimum atomic E-state index is 0.518. The van der Waals surface area contributed by atoms with Crippen LogP contribution in [0.5, 0.6) is 11.5 Å². The molecule has 130 valence electrons. The van der Waals surface area contributed by atoms with Gasteiger partial charge in [0.2, 0.25) is 0 Å². The number of allylic oxidation sites excluding steroid dienone is 1. The summed E-state index contributed by atoms with van der Waals surface area (Å²) in [4.78, 5) is 6.45. The molecule has 0 fully saturated rings. The summed E-state index contributed by atoms with van der Waals surface area (Å²) in [5.41, 5.74) is 10.1. The average molecular weight is 335 g/mol. The van der Waals surface area contributed by atoms with Crippen LogP contribution in [0.25, 0.3) is 5.57 Å². The lowest BCUT2D eigenvalue weighted by molar-refractivity contribution is 0.467. The molecule has 1 heterocycles. The Kier molecular flexibility index (Phi) is 5.08. The molecule has 4 heteroatoms. The molecule has 2 aromatic rings. The number of ether oxygens (including phenoxy) is 1. The van der Waals surface area contributed by atoms with Crippen molar-refractivity contribution >= 4 is 17.5 Å². The summed E-state index contributed by atoms with van der Waals surface area (Å²) in [6.07, 6.45) is 5.44. The van der Waals surface area contributed by atoms with Gasteiger partial charge in [0.25, 0.3) is 0 Å². The van der Waals surface area contributed by atoms with Crippen LogP contribution < -0.4 is 15.4 Å². The highest BCUT2D eigenvalue weighted by Gasteiger charge is 2.25. The van der Waals surface area contributed by atoms with Crippen molar-refractivity contribution in [3.63, 3.8) is 0 Å². The van der Waals surface area contributed by atoms with E-state index in [0.717, 1.165) is 35.5 Å². The second-order valence-corrected chi connectivity index (χ2v) is 6.36. The Labute approximate surface area is 149 Å². The number of nitrogens with zero attached hydrogens (tertiary/aromatic N) is 2. The first-order chi connectivity index (χ1) is 12.2. The molecule has 0 amide bonds. The summed E-state index contributed by atoms with van der Waals surface area (Å²) in [5.74, 6) is 1.70. The Bertz CT molecular complexity index is 796. The molecule has 0 saturated heterocycles. The first-order valence-corrected chi connectivity index (χ1v) is 8.61. The molecule has 0 bridgehead atoms. The number of para-hydroxylation sites is 1. The van der Waals surface area contributed by atoms with E-state index >= 15 is 0 Å². The van der Waals surface area contributed by atoms with Crippen LogP contribution in [-0.2, 0) is 6.42 Å². The second-order valence-electron chi connectivity index (χ2n) is 6.36. The van der Waals surface area contributed by atoms with Gasteiger partial charge in [0.05, 0.1) is 0 Å². The maximum Gasteiger partial charge on any atom is 0.140 e. The molecular weight excluding hydrogens is 310 g/mol. The fraction of sp³-hybridized carbons (Fsp3) is 0.286. The van der Waals surface area contributed by atoms with Gasteiger partial charge in [-0.3, -0.25) is 4.99 Å². The Balaban J connectivity index is 2.16. The molecular formula is C21H25N3O. The van der Waals surface area contributed by atoms with Gasteiger partial charge in [0.15, 0.2) is 0 Å². The zero-order chi connectivity index (χ0) is 17.8. The number of benzene rings is 2. The van der Waals surface area contributed by atoms with E-state index < -0.39 is 0 Å². The summed E-state index contributed by atoms with van der Waals surface area (Å²) in [6, 6.07) is 14.6. The van der Waals surface area contributed by atoms with E-state index in [1.165, 1.54) is 11.3 Å². The number of nitrogens with two attached hydrogens (primary N) is 1. The lowest BCUT2D eigenvalue weighted by atomic mass is 9.92. The summed E-state index contributed by atoms with van der Waals surface area (Å²) in [7, 11) is 3.89. The zero-order valence-corrected chi connectivity index (χ0v) is 15.1. The third-order valence-electron chi connectivity index (χ3n) is 4.81. The molecule has 0 aliphatic carbocycles. The Morgan fingerprint density at radius 3 is 2.68 bits per heavy atom. The zero-order valence-electron chi connectivity index (χ0n) is 15.1. The van der Waals surface area contributed by atoms with Crippen LogP contribution in [0.15, 0.2) is 53.7 Å². The molecule has 1 aliphatic rings. The topological polar surface area (TPSA) is 50.9 Å². The van der Waals surface area contributed by atoms with Gasteiger partial charge in [-0.1, -0.05) is 18.2 Å². The van der Waals surface area contributed by atoms with Gasteiger partial charge in [0, 0.05) is 54.9 Å². The van der Waals surface area contributed by atoms with Gasteiger partial charge in [-0.15, -0.1) is 0 Å². The Morgan fingerprint density at radius 1 is 1.24 bits per heavy atom. The molecule has 2 N–H and O–H groups in total. The Morgan fingerprint density at radius 2 is 2.00 bits per heavy atom. The minimum absolute atomic E-state index is 0.518. The molecule has 0 radical (unpaired) electrons. The molecule has 0 aromatic heterocycles. The number of anilines is 1. The predicted octanol–water partition coefficient (Wildman–Crippen LogP) is 4.25. The SMILES string of the molecule is CN=CC(=CN)c1ccc2c(c1Oc1ccccc1)CCC(C)N2C. The van der Waals surface area contributed by atoms with Crippen LogP contribution in [0.2, 0.25) is 0 Å². The van der Waals surface area contributed by atoms with Gasteiger partial charge in [-0.25, -0.2) is 0 Å². The molecule has 1 aliphatic heterocycles. The van der Waals surface area contributed by atoms with Gasteiger partial charge < -0.3 is 15.4 Å². The van der Waals surface area contributed by atoms with Gasteiger partial charge in [0.1, 0.15) is 11.5 Å². The average Bonchev–Trinajstić information content (AvgIpc) is 2.64. The molecule has 0 spiro atoms. The highest BCUT2D eigenvalue weighted by molar-refractivity contribution is 6.11. The van der Waals surface area contributed by atoms with Crippen molar-refractivity contribution < 1.29 is 4.74 Å². The van der Waals surface area contributed by atoms with E-state index in [1.54, 1.807) is 19.5 Å². The fourth-order valence-corrected chi connectivity index (χ4v) is 3.27. The van der Waals surface area contributed by atoms with Crippen LogP contribution in [-0.4, -0.2) is 26.4 Å². The van der Waals surface area contributed by atoms with Crippen molar-refractivity contribution in [2.75, 3.05) is 19.0 Å². The van der Waals surface area contributed by atoms with Crippen molar-refractivity contribution in [1.82, 2.24) is 0 Å². The summed E-state index contributed by atoms with van der Waals surface area (Å²) in [5, 5.41) is 0. The lowest BCUT2D eigenvalue weighted by Gasteiger charge is -2.35. The largest absolute Gasteiger partial charge is 0.456 e. The van der Waals surface area contributed by atoms with Crippen LogP contribution in [0.1, 0.15) is 24.5 Å². The van der Waals surface area contributed by atoms with Crippen molar-refractivity contribution in [1.29, 1.82) is 0 Å². The first kappa shape index (κ1) is 17.1. The van der Waals surface area contributed by atoms with Crippen LogP contribution in [0.3, 0.4) is 0 Å². The molecule has 2 aromatic carbocycles. The summed E-state index contributed by atoms with van der Waals surface area (Å²) < 4.78 is 6.34. The standard InChI is InChI=1S/C21H25N3O/c1-15-9-10-19-20(24(15)3)12-11-18(16(13-22)14-23-2)21(19)25-17-7-5-4-6-8-17/h4-8,11-15H,9-10,22H2,1-3H3. The normalized spacial score (nSPS) is 17.6. The molecule has 0 saturated carbocycles. The third kappa shape index (κ3) is 3.38. The van der Waals surface area contributed by atoms with Crippen molar-refractivity contribution in [2.45, 2.75) is 25.8 Å². The molecule has 1 atom stereocenters. The number of hydrogen-bond donors (Lipinski definition) is 1. The maximum absolute atomic E-state index is 6.34. The van der Waals surface area contributed by atoms with Gasteiger partial charge in [-0.05, 0) is 44.0 Å². The lowest BCUT2D eigenvalue weighted by Crippen LogP contribution is -2.33. The third-order valence-corrected chi connectivity index (χ3v) is 4.81. The van der Waals surface area contributed by atoms with Crippen LogP contribution >= 0.6 is 0 Å². The van der Waals surface area contributed by atoms with Crippen LogP contribution in [0.4, 0.5) is 5.69 Å². The molecule has 4 nitrogen and oxygen atoms in total. The first-order valence-electron chi connectivity index (χ1n) is 8.61. The highest BCUT2D eigenvalue weighted by atomic mass is 16.5. The summed E-state index contributed by atoms with van der Waals surface area (Å²) >= 11 is 0. The maximum atomic E-state index is 6.34. The monoisotopic (exact) mass is 335 g/mol. The highest BCUT2D eigenvalue weighted by Crippen LogP contribution is 2.42. The van der Waals surface area contributed by atoms with Gasteiger partial charge >= 0.3 is 0 Å². The van der Waals surface area contributed by atoms with Crippen molar-refractivity contribution in [2.24, 2.45) is 10.7 Å².